The molecular formula is C10H22N4. The smallest absolute Gasteiger partial charge is 0.185 e. The lowest BCUT2D eigenvalue weighted by Crippen LogP contribution is -2.35. The Bertz CT molecular complexity index is 181. The average Bonchev–Trinajstić information content (AvgIpc) is 2.18. The fourth-order valence-corrected chi connectivity index (χ4v) is 2.04. The highest BCUT2D eigenvalue weighted by molar-refractivity contribution is 5.75. The molecule has 4 N–H and O–H groups in total. The minimum atomic E-state index is 0.196. The first kappa shape index (κ1) is 11.3. The van der Waals surface area contributed by atoms with Crippen LogP contribution in [-0.2, 0) is 0 Å². The summed E-state index contributed by atoms with van der Waals surface area (Å²) in [4.78, 5) is 6.37. The van der Waals surface area contributed by atoms with Crippen molar-refractivity contribution in [3.8, 4) is 0 Å². The number of nitrogens with two attached hydrogens (primary N) is 2. The van der Waals surface area contributed by atoms with Crippen LogP contribution >= 0.6 is 0 Å². The molecule has 0 aromatic rings. The fourth-order valence-electron chi connectivity index (χ4n) is 2.04. The second-order valence-electron chi connectivity index (χ2n) is 4.08. The van der Waals surface area contributed by atoms with Crippen LogP contribution in [0.5, 0.6) is 0 Å². The highest BCUT2D eigenvalue weighted by Gasteiger charge is 2.16. The first-order chi connectivity index (χ1) is 6.70. The Kier molecular flexibility index (Phi) is 4.73. The normalized spacial score (nSPS) is 18.4. The van der Waals surface area contributed by atoms with Gasteiger partial charge in [0.05, 0.1) is 6.54 Å². The summed E-state index contributed by atoms with van der Waals surface area (Å²) in [5.41, 5.74) is 10.5. The van der Waals surface area contributed by atoms with Crippen LogP contribution in [0.25, 0.3) is 0 Å². The van der Waals surface area contributed by atoms with E-state index < -0.39 is 0 Å². The van der Waals surface area contributed by atoms with E-state index in [0.29, 0.717) is 0 Å². The molecule has 0 aliphatic heterocycles. The summed E-state index contributed by atoms with van der Waals surface area (Å²) in [7, 11) is 2.16. The Balaban J connectivity index is 2.19. The molecule has 1 rings (SSSR count). The van der Waals surface area contributed by atoms with E-state index in [9.17, 15) is 0 Å². The molecule has 1 aliphatic rings. The predicted octanol–water partition coefficient (Wildman–Crippen LogP) is 0.524. The van der Waals surface area contributed by atoms with Crippen LogP contribution in [0.2, 0.25) is 0 Å². The Labute approximate surface area is 86.4 Å². The van der Waals surface area contributed by atoms with Crippen molar-refractivity contribution in [2.24, 2.45) is 16.5 Å². The third kappa shape index (κ3) is 3.96. The molecule has 0 spiro atoms. The summed E-state index contributed by atoms with van der Waals surface area (Å²) in [5.74, 6) is 0.196. The molecule has 0 radical (unpaired) electrons. The van der Waals surface area contributed by atoms with Crippen molar-refractivity contribution in [1.82, 2.24) is 4.90 Å². The van der Waals surface area contributed by atoms with Crippen LogP contribution in [-0.4, -0.2) is 37.0 Å². The summed E-state index contributed by atoms with van der Waals surface area (Å²) >= 11 is 0. The molecule has 82 valence electrons. The van der Waals surface area contributed by atoms with E-state index in [4.69, 9.17) is 11.5 Å². The molecule has 0 amide bonds. The average molecular weight is 198 g/mol. The number of guanidine groups is 1. The van der Waals surface area contributed by atoms with Gasteiger partial charge in [-0.3, -0.25) is 4.99 Å². The summed E-state index contributed by atoms with van der Waals surface area (Å²) in [5, 5.41) is 0. The molecule has 0 atom stereocenters. The van der Waals surface area contributed by atoms with Gasteiger partial charge in [0.25, 0.3) is 0 Å². The number of hydrogen-bond acceptors (Lipinski definition) is 2. The van der Waals surface area contributed by atoms with Gasteiger partial charge in [0.15, 0.2) is 5.96 Å². The maximum Gasteiger partial charge on any atom is 0.185 e. The predicted molar refractivity (Wildman–Crippen MR) is 60.2 cm³/mol. The van der Waals surface area contributed by atoms with Crippen LogP contribution in [0.1, 0.15) is 32.1 Å². The van der Waals surface area contributed by atoms with Gasteiger partial charge in [-0.1, -0.05) is 19.3 Å². The van der Waals surface area contributed by atoms with Crippen molar-refractivity contribution < 1.29 is 0 Å². The molecule has 0 bridgehead atoms. The SMILES string of the molecule is CN(CCN=C(N)N)C1CCCCC1. The van der Waals surface area contributed by atoms with Gasteiger partial charge in [0, 0.05) is 12.6 Å². The van der Waals surface area contributed by atoms with Crippen molar-refractivity contribution in [2.45, 2.75) is 38.1 Å². The summed E-state index contributed by atoms with van der Waals surface area (Å²) < 4.78 is 0. The van der Waals surface area contributed by atoms with Crippen LogP contribution in [0.15, 0.2) is 4.99 Å². The molecule has 4 heteroatoms. The van der Waals surface area contributed by atoms with E-state index in [2.05, 4.69) is 16.9 Å². The molecule has 0 saturated heterocycles. The molecule has 0 heterocycles. The zero-order valence-electron chi connectivity index (χ0n) is 9.08. The minimum absolute atomic E-state index is 0.196. The van der Waals surface area contributed by atoms with Crippen molar-refractivity contribution in [1.29, 1.82) is 0 Å². The quantitative estimate of drug-likeness (QED) is 0.511. The summed E-state index contributed by atoms with van der Waals surface area (Å²) in [6.07, 6.45) is 6.81. The molecule has 0 aromatic heterocycles. The van der Waals surface area contributed by atoms with Crippen LogP contribution < -0.4 is 11.5 Å². The third-order valence-corrected chi connectivity index (χ3v) is 2.95. The lowest BCUT2D eigenvalue weighted by atomic mass is 9.94. The van der Waals surface area contributed by atoms with Crippen molar-refractivity contribution in [3.05, 3.63) is 0 Å². The molecule has 1 fully saturated rings. The van der Waals surface area contributed by atoms with Crippen molar-refractivity contribution >= 4 is 5.96 Å². The van der Waals surface area contributed by atoms with Gasteiger partial charge >= 0.3 is 0 Å². The molecule has 0 aromatic carbocycles. The second-order valence-corrected chi connectivity index (χ2v) is 4.08. The third-order valence-electron chi connectivity index (χ3n) is 2.95. The van der Waals surface area contributed by atoms with Gasteiger partial charge in [-0.15, -0.1) is 0 Å². The maximum atomic E-state index is 5.27. The standard InChI is InChI=1S/C10H22N4/c1-14(8-7-13-10(11)12)9-5-3-2-4-6-9/h9H,2-8H2,1H3,(H4,11,12,13). The summed E-state index contributed by atoms with van der Waals surface area (Å²) in [6.45, 7) is 1.68. The lowest BCUT2D eigenvalue weighted by molar-refractivity contribution is 0.196. The first-order valence-electron chi connectivity index (χ1n) is 5.46. The number of rotatable bonds is 4. The number of likely N-dealkylation sites (N-methyl/N-ethyl adjacent to an activating group) is 1. The number of hydrogen-bond donors (Lipinski definition) is 2. The van der Waals surface area contributed by atoms with E-state index in [1.165, 1.54) is 32.1 Å². The molecular weight excluding hydrogens is 176 g/mol. The maximum absolute atomic E-state index is 5.27. The molecule has 0 unspecified atom stereocenters. The van der Waals surface area contributed by atoms with E-state index in [0.717, 1.165) is 19.1 Å². The van der Waals surface area contributed by atoms with Gasteiger partial charge in [-0.2, -0.15) is 0 Å². The van der Waals surface area contributed by atoms with Gasteiger partial charge in [0.2, 0.25) is 0 Å². The zero-order valence-corrected chi connectivity index (χ0v) is 9.08. The largest absolute Gasteiger partial charge is 0.370 e. The molecule has 1 aliphatic carbocycles. The molecule has 14 heavy (non-hydrogen) atoms. The highest BCUT2D eigenvalue weighted by Crippen LogP contribution is 2.21. The van der Waals surface area contributed by atoms with Crippen LogP contribution in [0.4, 0.5) is 0 Å². The second kappa shape index (κ2) is 5.86. The zero-order chi connectivity index (χ0) is 10.4. The van der Waals surface area contributed by atoms with Crippen molar-refractivity contribution in [2.75, 3.05) is 20.1 Å². The monoisotopic (exact) mass is 198 g/mol. The summed E-state index contributed by atoms with van der Waals surface area (Å²) in [6, 6.07) is 0.748. The number of aliphatic imine (C=N–C) groups is 1. The Hall–Kier alpha value is -0.770. The van der Waals surface area contributed by atoms with E-state index in [1.807, 2.05) is 0 Å². The van der Waals surface area contributed by atoms with E-state index in [-0.39, 0.29) is 5.96 Å². The molecule has 1 saturated carbocycles. The van der Waals surface area contributed by atoms with Crippen LogP contribution in [0, 0.1) is 0 Å². The van der Waals surface area contributed by atoms with Gasteiger partial charge < -0.3 is 16.4 Å². The van der Waals surface area contributed by atoms with Crippen LogP contribution in [0.3, 0.4) is 0 Å². The Morgan fingerprint density at radius 1 is 1.29 bits per heavy atom. The fraction of sp³-hybridized carbons (Fsp3) is 0.900. The minimum Gasteiger partial charge on any atom is -0.370 e. The van der Waals surface area contributed by atoms with E-state index >= 15 is 0 Å². The molecule has 4 nitrogen and oxygen atoms in total. The first-order valence-corrected chi connectivity index (χ1v) is 5.46. The van der Waals surface area contributed by atoms with E-state index in [1.54, 1.807) is 0 Å². The highest BCUT2D eigenvalue weighted by atomic mass is 15.1. The van der Waals surface area contributed by atoms with Crippen molar-refractivity contribution in [3.63, 3.8) is 0 Å². The Morgan fingerprint density at radius 2 is 1.93 bits per heavy atom. The van der Waals surface area contributed by atoms with Gasteiger partial charge in [-0.25, -0.2) is 0 Å². The topological polar surface area (TPSA) is 67.6 Å². The van der Waals surface area contributed by atoms with Gasteiger partial charge in [-0.05, 0) is 19.9 Å². The number of nitrogens with zero attached hydrogens (tertiary/aromatic N) is 2. The Morgan fingerprint density at radius 3 is 2.50 bits per heavy atom. The van der Waals surface area contributed by atoms with Gasteiger partial charge in [0.1, 0.15) is 0 Å². The lowest BCUT2D eigenvalue weighted by Gasteiger charge is -2.30.